The number of para-hydroxylation sites is 2. The lowest BCUT2D eigenvalue weighted by Gasteiger charge is -2.15. The molecule has 0 aliphatic carbocycles. The van der Waals surface area contributed by atoms with Crippen molar-refractivity contribution in [3.63, 3.8) is 0 Å². The number of ether oxygens (including phenoxy) is 2. The zero-order valence-corrected chi connectivity index (χ0v) is 19.6. The smallest absolute Gasteiger partial charge is 0.261 e. The van der Waals surface area contributed by atoms with E-state index in [4.69, 9.17) is 14.5 Å². The third kappa shape index (κ3) is 4.80. The second-order valence-electron chi connectivity index (χ2n) is 8.20. The van der Waals surface area contributed by atoms with Crippen LogP contribution < -0.4 is 15.0 Å². The summed E-state index contributed by atoms with van der Waals surface area (Å²) in [6.07, 6.45) is 0.659. The SMILES string of the molecule is COc1ccc(-c2nc3ccccc3c(=O)n2CCCOc2ccccc2-c2ccccc2)cc1. The first kappa shape index (κ1) is 22.4. The Hall–Kier alpha value is -4.38. The van der Waals surface area contributed by atoms with Crippen molar-refractivity contribution in [3.8, 4) is 34.0 Å². The molecule has 0 unspecified atom stereocenters. The Morgan fingerprint density at radius 1 is 0.771 bits per heavy atom. The molecule has 35 heavy (non-hydrogen) atoms. The molecule has 0 saturated heterocycles. The van der Waals surface area contributed by atoms with Gasteiger partial charge >= 0.3 is 0 Å². The minimum atomic E-state index is -0.0499. The van der Waals surface area contributed by atoms with Gasteiger partial charge in [0.15, 0.2) is 0 Å². The van der Waals surface area contributed by atoms with Crippen LogP contribution in [0.15, 0.2) is 108 Å². The maximum Gasteiger partial charge on any atom is 0.261 e. The number of hydrogen-bond donors (Lipinski definition) is 0. The minimum Gasteiger partial charge on any atom is -0.497 e. The summed E-state index contributed by atoms with van der Waals surface area (Å²) in [5.41, 5.74) is 3.67. The zero-order chi connectivity index (χ0) is 24.0. The summed E-state index contributed by atoms with van der Waals surface area (Å²) in [5.74, 6) is 2.23. The molecule has 1 aromatic heterocycles. The summed E-state index contributed by atoms with van der Waals surface area (Å²) in [7, 11) is 1.63. The van der Waals surface area contributed by atoms with Crippen molar-refractivity contribution in [1.82, 2.24) is 9.55 Å². The molecular formula is C30H26N2O3. The second kappa shape index (κ2) is 10.3. The minimum absolute atomic E-state index is 0.0499. The average Bonchev–Trinajstić information content (AvgIpc) is 2.93. The van der Waals surface area contributed by atoms with Gasteiger partial charge < -0.3 is 9.47 Å². The molecule has 0 spiro atoms. The Kier molecular flexibility index (Phi) is 6.57. The van der Waals surface area contributed by atoms with E-state index in [2.05, 4.69) is 18.2 Å². The van der Waals surface area contributed by atoms with Crippen LogP contribution in [0, 0.1) is 0 Å². The molecule has 0 aliphatic heterocycles. The molecule has 0 aliphatic rings. The van der Waals surface area contributed by atoms with Gasteiger partial charge in [0.05, 0.1) is 24.6 Å². The van der Waals surface area contributed by atoms with E-state index < -0.39 is 0 Å². The molecule has 0 amide bonds. The van der Waals surface area contributed by atoms with Crippen LogP contribution in [0.4, 0.5) is 0 Å². The van der Waals surface area contributed by atoms with Gasteiger partial charge in [-0.3, -0.25) is 9.36 Å². The maximum atomic E-state index is 13.4. The fourth-order valence-corrected chi connectivity index (χ4v) is 4.19. The third-order valence-corrected chi connectivity index (χ3v) is 5.97. The van der Waals surface area contributed by atoms with Gasteiger partial charge in [-0.25, -0.2) is 4.98 Å². The van der Waals surface area contributed by atoms with E-state index in [1.54, 1.807) is 11.7 Å². The Morgan fingerprint density at radius 3 is 2.29 bits per heavy atom. The first-order valence-electron chi connectivity index (χ1n) is 11.7. The van der Waals surface area contributed by atoms with Gasteiger partial charge in [-0.2, -0.15) is 0 Å². The molecule has 1 heterocycles. The normalized spacial score (nSPS) is 10.9. The lowest BCUT2D eigenvalue weighted by atomic mass is 10.1. The summed E-state index contributed by atoms with van der Waals surface area (Å²) >= 11 is 0. The van der Waals surface area contributed by atoms with Gasteiger partial charge in [-0.15, -0.1) is 0 Å². The standard InChI is InChI=1S/C30H26N2O3/c1-34-24-18-16-23(17-19-24)29-31-27-14-7-5-13-26(27)30(33)32(29)20-9-21-35-28-15-8-6-12-25(28)22-10-3-2-4-11-22/h2-8,10-19H,9,20-21H2,1H3. The van der Waals surface area contributed by atoms with Gasteiger partial charge in [0.1, 0.15) is 17.3 Å². The molecule has 5 rings (SSSR count). The molecule has 0 saturated carbocycles. The first-order valence-corrected chi connectivity index (χ1v) is 11.7. The molecule has 5 heteroatoms. The average molecular weight is 463 g/mol. The van der Waals surface area contributed by atoms with Crippen molar-refractivity contribution in [1.29, 1.82) is 0 Å². The van der Waals surface area contributed by atoms with Crippen LogP contribution in [0.3, 0.4) is 0 Å². The lowest BCUT2D eigenvalue weighted by Crippen LogP contribution is -2.24. The lowest BCUT2D eigenvalue weighted by molar-refractivity contribution is 0.302. The van der Waals surface area contributed by atoms with Gasteiger partial charge in [-0.05, 0) is 54.4 Å². The van der Waals surface area contributed by atoms with Crippen LogP contribution in [0.25, 0.3) is 33.4 Å². The fraction of sp³-hybridized carbons (Fsp3) is 0.133. The monoisotopic (exact) mass is 462 g/mol. The number of rotatable bonds is 8. The molecule has 0 bridgehead atoms. The molecule has 0 radical (unpaired) electrons. The molecule has 4 aromatic carbocycles. The number of fused-ring (bicyclic) bond motifs is 1. The van der Waals surface area contributed by atoms with Crippen molar-refractivity contribution in [3.05, 3.63) is 113 Å². The number of hydrogen-bond acceptors (Lipinski definition) is 4. The number of nitrogens with zero attached hydrogens (tertiary/aromatic N) is 2. The highest BCUT2D eigenvalue weighted by Crippen LogP contribution is 2.29. The zero-order valence-electron chi connectivity index (χ0n) is 19.6. The topological polar surface area (TPSA) is 53.3 Å². The summed E-state index contributed by atoms with van der Waals surface area (Å²) in [6.45, 7) is 0.969. The first-order chi connectivity index (χ1) is 17.2. The number of methoxy groups -OCH3 is 1. The maximum absolute atomic E-state index is 13.4. The van der Waals surface area contributed by atoms with Gasteiger partial charge in [0.25, 0.3) is 5.56 Å². The summed E-state index contributed by atoms with van der Waals surface area (Å²) < 4.78 is 13.2. The van der Waals surface area contributed by atoms with E-state index in [0.717, 1.165) is 28.2 Å². The van der Waals surface area contributed by atoms with E-state index in [0.29, 0.717) is 36.3 Å². The third-order valence-electron chi connectivity index (χ3n) is 5.97. The van der Waals surface area contributed by atoms with Crippen LogP contribution in [-0.4, -0.2) is 23.3 Å². The van der Waals surface area contributed by atoms with Crippen molar-refractivity contribution in [2.75, 3.05) is 13.7 Å². The van der Waals surface area contributed by atoms with Crippen LogP contribution in [-0.2, 0) is 6.54 Å². The van der Waals surface area contributed by atoms with E-state index >= 15 is 0 Å². The highest BCUT2D eigenvalue weighted by molar-refractivity contribution is 5.79. The molecule has 5 nitrogen and oxygen atoms in total. The van der Waals surface area contributed by atoms with Crippen LogP contribution >= 0.6 is 0 Å². The largest absolute Gasteiger partial charge is 0.497 e. The Bertz CT molecular complexity index is 1490. The Labute approximate surface area is 204 Å². The molecule has 0 N–H and O–H groups in total. The quantitative estimate of drug-likeness (QED) is 0.257. The summed E-state index contributed by atoms with van der Waals surface area (Å²) in [4.78, 5) is 18.2. The van der Waals surface area contributed by atoms with E-state index in [9.17, 15) is 4.79 Å². The molecular weight excluding hydrogens is 436 g/mol. The second-order valence-corrected chi connectivity index (χ2v) is 8.20. The fourth-order valence-electron chi connectivity index (χ4n) is 4.19. The Morgan fingerprint density at radius 2 is 1.49 bits per heavy atom. The van der Waals surface area contributed by atoms with Crippen molar-refractivity contribution in [2.24, 2.45) is 0 Å². The molecule has 174 valence electrons. The highest BCUT2D eigenvalue weighted by Gasteiger charge is 2.13. The van der Waals surface area contributed by atoms with Gasteiger partial charge in [-0.1, -0.05) is 60.7 Å². The summed E-state index contributed by atoms with van der Waals surface area (Å²) in [5, 5.41) is 0.611. The predicted molar refractivity (Wildman–Crippen MR) is 140 cm³/mol. The number of aromatic nitrogens is 2. The Balaban J connectivity index is 1.40. The van der Waals surface area contributed by atoms with Gasteiger partial charge in [0, 0.05) is 17.7 Å². The van der Waals surface area contributed by atoms with E-state index in [1.807, 2.05) is 84.9 Å². The summed E-state index contributed by atoms with van der Waals surface area (Å²) in [6, 6.07) is 33.3. The molecule has 0 atom stereocenters. The van der Waals surface area contributed by atoms with Crippen molar-refractivity contribution in [2.45, 2.75) is 13.0 Å². The van der Waals surface area contributed by atoms with E-state index in [1.165, 1.54) is 0 Å². The predicted octanol–water partition coefficient (Wildman–Crippen LogP) is 6.21. The van der Waals surface area contributed by atoms with Crippen LogP contribution in [0.2, 0.25) is 0 Å². The van der Waals surface area contributed by atoms with Gasteiger partial charge in [0.2, 0.25) is 0 Å². The highest BCUT2D eigenvalue weighted by atomic mass is 16.5. The van der Waals surface area contributed by atoms with Crippen LogP contribution in [0.1, 0.15) is 6.42 Å². The molecule has 5 aromatic rings. The molecule has 0 fully saturated rings. The van der Waals surface area contributed by atoms with Crippen molar-refractivity contribution < 1.29 is 9.47 Å². The van der Waals surface area contributed by atoms with Crippen molar-refractivity contribution >= 4 is 10.9 Å². The van der Waals surface area contributed by atoms with Crippen LogP contribution in [0.5, 0.6) is 11.5 Å². The number of benzene rings is 4. The van der Waals surface area contributed by atoms with E-state index in [-0.39, 0.29) is 5.56 Å².